The van der Waals surface area contributed by atoms with E-state index in [2.05, 4.69) is 10.3 Å². The van der Waals surface area contributed by atoms with Crippen LogP contribution < -0.4 is 5.32 Å². The summed E-state index contributed by atoms with van der Waals surface area (Å²) in [6.07, 6.45) is 2.02. The molecule has 1 N–H and O–H groups in total. The second-order valence-corrected chi connectivity index (χ2v) is 9.13. The number of aliphatic imine (C=N–C) groups is 1. The van der Waals surface area contributed by atoms with Crippen LogP contribution in [0.25, 0.3) is 0 Å². The van der Waals surface area contributed by atoms with Crippen molar-refractivity contribution in [1.29, 1.82) is 0 Å². The monoisotopic (exact) mass is 445 g/mol. The number of hydrogen-bond acceptors (Lipinski definition) is 6. The quantitative estimate of drug-likeness (QED) is 0.651. The van der Waals surface area contributed by atoms with Crippen molar-refractivity contribution < 1.29 is 14.3 Å². The highest BCUT2D eigenvalue weighted by atomic mass is 35.5. The van der Waals surface area contributed by atoms with Crippen molar-refractivity contribution in [2.24, 2.45) is 4.99 Å². The van der Waals surface area contributed by atoms with Gasteiger partial charge in [0.15, 0.2) is 5.17 Å². The van der Waals surface area contributed by atoms with E-state index in [0.29, 0.717) is 22.3 Å². The van der Waals surface area contributed by atoms with E-state index in [-0.39, 0.29) is 18.4 Å². The number of carbonyl (C=O) groups excluding carboxylic acids is 2. The molecule has 3 aliphatic rings. The molecule has 1 aliphatic carbocycles. The number of rotatable bonds is 6. The molecule has 0 unspecified atom stereocenters. The average molecular weight is 446 g/mol. The molecule has 158 valence electrons. The van der Waals surface area contributed by atoms with Crippen LogP contribution in [0.15, 0.2) is 51.6 Å². The summed E-state index contributed by atoms with van der Waals surface area (Å²) in [4.78, 5) is 32.2. The second kappa shape index (κ2) is 8.47. The number of halogens is 1. The van der Waals surface area contributed by atoms with Gasteiger partial charge in [-0.05, 0) is 50.7 Å². The van der Waals surface area contributed by atoms with E-state index in [4.69, 9.17) is 16.3 Å². The Morgan fingerprint density at radius 1 is 1.33 bits per heavy atom. The zero-order valence-corrected chi connectivity index (χ0v) is 18.7. The third kappa shape index (κ3) is 4.27. The van der Waals surface area contributed by atoms with E-state index in [9.17, 15) is 9.59 Å². The number of esters is 1. The third-order valence-electron chi connectivity index (χ3n) is 5.05. The summed E-state index contributed by atoms with van der Waals surface area (Å²) in [5, 5.41) is 6.23. The number of benzene rings is 1. The van der Waals surface area contributed by atoms with Crippen LogP contribution in [0, 0.1) is 0 Å². The summed E-state index contributed by atoms with van der Waals surface area (Å²) in [7, 11) is 0. The Kier molecular flexibility index (Phi) is 5.93. The highest BCUT2D eigenvalue weighted by Gasteiger charge is 2.42. The molecule has 30 heavy (non-hydrogen) atoms. The summed E-state index contributed by atoms with van der Waals surface area (Å²) in [6.45, 7) is 5.44. The van der Waals surface area contributed by atoms with Gasteiger partial charge in [0.05, 0.1) is 29.8 Å². The lowest BCUT2D eigenvalue weighted by Gasteiger charge is -2.36. The highest BCUT2D eigenvalue weighted by Crippen LogP contribution is 2.46. The molecule has 2 aliphatic heterocycles. The van der Waals surface area contributed by atoms with Gasteiger partial charge in [-0.1, -0.05) is 41.6 Å². The summed E-state index contributed by atoms with van der Waals surface area (Å²) >= 11 is 8.01. The molecular weight excluding hydrogens is 422 g/mol. The number of carbonyl (C=O) groups is 2. The Labute approximate surface area is 185 Å². The number of nitrogens with one attached hydrogen (secondary N) is 1. The normalized spacial score (nSPS) is 20.7. The minimum atomic E-state index is -0.507. The van der Waals surface area contributed by atoms with Crippen molar-refractivity contribution in [1.82, 2.24) is 10.2 Å². The number of ether oxygens (including phenoxy) is 1. The first kappa shape index (κ1) is 21.0. The highest BCUT2D eigenvalue weighted by molar-refractivity contribution is 8.16. The standard InChI is InChI=1S/C22H24ClN3O3S/c1-12(2)29-21(28)19-13(3)24-22-26(20(19)16-6-4-5-7-17(16)23)15(11-30-22)10-18(27)25-14-8-9-14/h4-7,11-12,14,20H,8-10H2,1-3H3,(H,25,27)/t20-/m1/s1. The number of nitrogens with zero attached hydrogens (tertiary/aromatic N) is 2. The number of allylic oxidation sites excluding steroid dienone is 1. The first-order chi connectivity index (χ1) is 14.3. The molecule has 0 saturated heterocycles. The van der Waals surface area contributed by atoms with Gasteiger partial charge in [-0.25, -0.2) is 9.79 Å². The number of thioether (sulfide) groups is 1. The second-order valence-electron chi connectivity index (χ2n) is 7.89. The minimum Gasteiger partial charge on any atom is -0.459 e. The maximum atomic E-state index is 13.1. The molecule has 0 spiro atoms. The molecule has 1 aromatic carbocycles. The molecule has 1 amide bonds. The van der Waals surface area contributed by atoms with Crippen LogP contribution in [0.1, 0.15) is 51.6 Å². The van der Waals surface area contributed by atoms with Crippen molar-refractivity contribution >= 4 is 40.4 Å². The van der Waals surface area contributed by atoms with Crippen LogP contribution in [-0.4, -0.2) is 34.1 Å². The molecule has 8 heteroatoms. The van der Waals surface area contributed by atoms with Crippen LogP contribution in [-0.2, 0) is 14.3 Å². The molecule has 6 nitrogen and oxygen atoms in total. The van der Waals surface area contributed by atoms with Crippen LogP contribution in [0.4, 0.5) is 0 Å². The van der Waals surface area contributed by atoms with Crippen LogP contribution in [0.2, 0.25) is 5.02 Å². The van der Waals surface area contributed by atoms with E-state index in [1.165, 1.54) is 11.8 Å². The Balaban J connectivity index is 1.73. The Hall–Kier alpha value is -2.25. The number of amides is 1. The fourth-order valence-corrected chi connectivity index (χ4v) is 4.77. The number of hydrogen-bond donors (Lipinski definition) is 1. The molecule has 4 rings (SSSR count). The summed E-state index contributed by atoms with van der Waals surface area (Å²) < 4.78 is 5.54. The average Bonchev–Trinajstić information content (AvgIpc) is 3.40. The SMILES string of the molecule is CC1=C(C(=O)OC(C)C)[C@@H](c2ccccc2Cl)N2C(CC(=O)NC3CC3)=CSC2=N1. The summed E-state index contributed by atoms with van der Waals surface area (Å²) in [5.41, 5.74) is 2.61. The minimum absolute atomic E-state index is 0.0268. The Morgan fingerprint density at radius 2 is 2.07 bits per heavy atom. The maximum absolute atomic E-state index is 13.1. The molecule has 1 aromatic rings. The first-order valence-electron chi connectivity index (χ1n) is 10.0. The molecule has 1 fully saturated rings. The molecule has 0 bridgehead atoms. The van der Waals surface area contributed by atoms with E-state index in [1.807, 2.05) is 49.3 Å². The molecule has 0 radical (unpaired) electrons. The lowest BCUT2D eigenvalue weighted by Crippen LogP contribution is -2.38. The zero-order chi connectivity index (χ0) is 21.4. The van der Waals surface area contributed by atoms with E-state index in [0.717, 1.165) is 29.3 Å². The lowest BCUT2D eigenvalue weighted by atomic mass is 9.93. The van der Waals surface area contributed by atoms with Gasteiger partial charge in [-0.2, -0.15) is 0 Å². The summed E-state index contributed by atoms with van der Waals surface area (Å²) in [6, 6.07) is 7.23. The fourth-order valence-electron chi connectivity index (χ4n) is 3.57. The molecule has 0 aromatic heterocycles. The summed E-state index contributed by atoms with van der Waals surface area (Å²) in [5.74, 6) is -0.449. The zero-order valence-electron chi connectivity index (χ0n) is 17.1. The molecule has 1 atom stereocenters. The van der Waals surface area contributed by atoms with Crippen LogP contribution >= 0.6 is 23.4 Å². The van der Waals surface area contributed by atoms with Crippen molar-refractivity contribution in [2.45, 2.75) is 58.2 Å². The fraction of sp³-hybridized carbons (Fsp3) is 0.409. The van der Waals surface area contributed by atoms with Gasteiger partial charge in [0, 0.05) is 16.8 Å². The molecule has 1 saturated carbocycles. The van der Waals surface area contributed by atoms with Gasteiger partial charge in [0.25, 0.3) is 0 Å². The maximum Gasteiger partial charge on any atom is 0.338 e. The van der Waals surface area contributed by atoms with E-state index in [1.54, 1.807) is 6.07 Å². The van der Waals surface area contributed by atoms with Crippen molar-refractivity contribution in [3.63, 3.8) is 0 Å². The Bertz CT molecular complexity index is 982. The predicted molar refractivity (Wildman–Crippen MR) is 119 cm³/mol. The number of amidine groups is 1. The van der Waals surface area contributed by atoms with Gasteiger partial charge in [-0.15, -0.1) is 0 Å². The largest absolute Gasteiger partial charge is 0.459 e. The topological polar surface area (TPSA) is 71.0 Å². The third-order valence-corrected chi connectivity index (χ3v) is 6.28. The first-order valence-corrected chi connectivity index (χ1v) is 11.3. The Morgan fingerprint density at radius 3 is 2.73 bits per heavy atom. The van der Waals surface area contributed by atoms with Gasteiger partial charge in [-0.3, -0.25) is 4.79 Å². The van der Waals surface area contributed by atoms with Gasteiger partial charge >= 0.3 is 5.97 Å². The number of fused-ring (bicyclic) bond motifs is 1. The molecular formula is C22H24ClN3O3S. The van der Waals surface area contributed by atoms with Crippen molar-refractivity contribution in [2.75, 3.05) is 0 Å². The van der Waals surface area contributed by atoms with Crippen molar-refractivity contribution in [3.8, 4) is 0 Å². The van der Waals surface area contributed by atoms with E-state index >= 15 is 0 Å². The van der Waals surface area contributed by atoms with Crippen LogP contribution in [0.5, 0.6) is 0 Å². The lowest BCUT2D eigenvalue weighted by molar-refractivity contribution is -0.143. The smallest absolute Gasteiger partial charge is 0.338 e. The van der Waals surface area contributed by atoms with Gasteiger partial charge in [0.1, 0.15) is 0 Å². The van der Waals surface area contributed by atoms with Crippen molar-refractivity contribution in [3.05, 3.63) is 57.2 Å². The predicted octanol–water partition coefficient (Wildman–Crippen LogP) is 4.54. The van der Waals surface area contributed by atoms with Gasteiger partial charge < -0.3 is 15.0 Å². The van der Waals surface area contributed by atoms with E-state index < -0.39 is 12.0 Å². The van der Waals surface area contributed by atoms with Gasteiger partial charge in [0.2, 0.25) is 5.91 Å². The van der Waals surface area contributed by atoms with Crippen LogP contribution in [0.3, 0.4) is 0 Å². The molecule has 2 heterocycles.